The Hall–Kier alpha value is -0.743. The van der Waals surface area contributed by atoms with Gasteiger partial charge in [0.25, 0.3) is 0 Å². The topological polar surface area (TPSA) is 35.0 Å². The first kappa shape index (κ1) is 19.3. The molecule has 22 heavy (non-hydrogen) atoms. The van der Waals surface area contributed by atoms with E-state index in [4.69, 9.17) is 4.43 Å². The van der Waals surface area contributed by atoms with Gasteiger partial charge in [0, 0.05) is 12.4 Å². The lowest BCUT2D eigenvalue weighted by molar-refractivity contribution is 0.154. The molecule has 1 heterocycles. The zero-order valence-electron chi connectivity index (χ0n) is 15.5. The number of hydrogen-bond acceptors (Lipinski definition) is 3. The summed E-state index contributed by atoms with van der Waals surface area (Å²) in [5, 5.41) is 0. The highest BCUT2D eigenvalue weighted by molar-refractivity contribution is 6.77. The standard InChI is InChI=1S/C18H34N2OSi/c1-8-9-11-17(18-19-12-10-13-20-18)21-22(14(2)3,15(4)5)16(6)7/h10,12-17H,8-9,11H2,1-7H3. The number of hydrogen-bond donors (Lipinski definition) is 0. The SMILES string of the molecule is CCCCC(O[Si](C(C)C)(C(C)C)C(C)C)c1ncccn1. The summed E-state index contributed by atoms with van der Waals surface area (Å²) in [7, 11) is -1.90. The van der Waals surface area contributed by atoms with Crippen molar-refractivity contribution < 1.29 is 4.43 Å². The molecule has 1 atom stereocenters. The van der Waals surface area contributed by atoms with Gasteiger partial charge in [-0.05, 0) is 29.1 Å². The molecule has 0 radical (unpaired) electrons. The van der Waals surface area contributed by atoms with E-state index in [1.807, 2.05) is 18.5 Å². The summed E-state index contributed by atoms with van der Waals surface area (Å²) < 4.78 is 6.92. The van der Waals surface area contributed by atoms with Crippen LogP contribution in [0.5, 0.6) is 0 Å². The zero-order chi connectivity index (χ0) is 16.8. The van der Waals surface area contributed by atoms with E-state index in [9.17, 15) is 0 Å². The summed E-state index contributed by atoms with van der Waals surface area (Å²) in [4.78, 5) is 8.96. The minimum atomic E-state index is -1.90. The van der Waals surface area contributed by atoms with Crippen molar-refractivity contribution in [2.75, 3.05) is 0 Å². The molecule has 0 aliphatic heterocycles. The van der Waals surface area contributed by atoms with Gasteiger partial charge in [0.1, 0.15) is 6.10 Å². The lowest BCUT2D eigenvalue weighted by atomic mass is 10.1. The van der Waals surface area contributed by atoms with Gasteiger partial charge in [0.2, 0.25) is 8.32 Å². The first-order valence-electron chi connectivity index (χ1n) is 8.80. The maximum Gasteiger partial charge on any atom is 0.201 e. The van der Waals surface area contributed by atoms with Crippen LogP contribution in [-0.4, -0.2) is 18.3 Å². The summed E-state index contributed by atoms with van der Waals surface area (Å²) in [5.41, 5.74) is 1.75. The van der Waals surface area contributed by atoms with Crippen LogP contribution >= 0.6 is 0 Å². The van der Waals surface area contributed by atoms with Crippen molar-refractivity contribution in [1.82, 2.24) is 9.97 Å². The van der Waals surface area contributed by atoms with Crippen LogP contribution in [0.15, 0.2) is 18.5 Å². The Bertz CT molecular complexity index is 399. The Morgan fingerprint density at radius 3 is 1.86 bits per heavy atom. The fourth-order valence-electron chi connectivity index (χ4n) is 3.76. The Morgan fingerprint density at radius 1 is 0.955 bits per heavy atom. The van der Waals surface area contributed by atoms with Crippen molar-refractivity contribution in [1.29, 1.82) is 0 Å². The molecule has 1 rings (SSSR count). The van der Waals surface area contributed by atoms with Gasteiger partial charge in [-0.25, -0.2) is 9.97 Å². The van der Waals surface area contributed by atoms with Crippen molar-refractivity contribution in [3.05, 3.63) is 24.3 Å². The number of unbranched alkanes of at least 4 members (excludes halogenated alkanes) is 1. The summed E-state index contributed by atoms with van der Waals surface area (Å²) in [6, 6.07) is 1.87. The molecule has 4 heteroatoms. The quantitative estimate of drug-likeness (QED) is 0.531. The highest BCUT2D eigenvalue weighted by Crippen LogP contribution is 2.45. The maximum absolute atomic E-state index is 6.92. The van der Waals surface area contributed by atoms with Crippen LogP contribution in [0.2, 0.25) is 16.6 Å². The molecular formula is C18H34N2OSi. The molecule has 0 aliphatic rings. The Labute approximate surface area is 138 Å². The van der Waals surface area contributed by atoms with Gasteiger partial charge in [-0.2, -0.15) is 0 Å². The molecule has 0 fully saturated rings. The minimum Gasteiger partial charge on any atom is -0.406 e. The average molecular weight is 323 g/mol. The largest absolute Gasteiger partial charge is 0.406 e. The smallest absolute Gasteiger partial charge is 0.201 e. The van der Waals surface area contributed by atoms with Crippen molar-refractivity contribution in [3.63, 3.8) is 0 Å². The lowest BCUT2D eigenvalue weighted by Crippen LogP contribution is -2.48. The normalized spacial score (nSPS) is 14.1. The van der Waals surface area contributed by atoms with Gasteiger partial charge in [0.15, 0.2) is 5.82 Å². The van der Waals surface area contributed by atoms with Crippen LogP contribution in [0, 0.1) is 0 Å². The first-order chi connectivity index (χ1) is 10.4. The predicted molar refractivity (Wildman–Crippen MR) is 96.4 cm³/mol. The van der Waals surface area contributed by atoms with Crippen molar-refractivity contribution in [2.24, 2.45) is 0 Å². The molecule has 3 nitrogen and oxygen atoms in total. The predicted octanol–water partition coefficient (Wildman–Crippen LogP) is 5.90. The summed E-state index contributed by atoms with van der Waals surface area (Å²) in [5.74, 6) is 0.856. The minimum absolute atomic E-state index is 0.0417. The zero-order valence-corrected chi connectivity index (χ0v) is 16.5. The van der Waals surface area contributed by atoms with E-state index in [0.29, 0.717) is 16.6 Å². The second-order valence-electron chi connectivity index (χ2n) is 7.17. The monoisotopic (exact) mass is 322 g/mol. The van der Waals surface area contributed by atoms with Crippen molar-refractivity contribution in [2.45, 2.75) is 90.5 Å². The van der Waals surface area contributed by atoms with Crippen LogP contribution < -0.4 is 0 Å². The molecule has 0 amide bonds. The van der Waals surface area contributed by atoms with Crippen LogP contribution in [0.3, 0.4) is 0 Å². The fourth-order valence-corrected chi connectivity index (χ4v) is 9.29. The van der Waals surface area contributed by atoms with E-state index in [0.717, 1.165) is 18.7 Å². The average Bonchev–Trinajstić information content (AvgIpc) is 2.47. The third-order valence-electron chi connectivity index (χ3n) is 4.75. The maximum atomic E-state index is 6.92. The van der Waals surface area contributed by atoms with Gasteiger partial charge >= 0.3 is 0 Å². The molecule has 0 aliphatic carbocycles. The number of nitrogens with zero attached hydrogens (tertiary/aromatic N) is 2. The number of aromatic nitrogens is 2. The van der Waals surface area contributed by atoms with E-state index < -0.39 is 8.32 Å². The van der Waals surface area contributed by atoms with Crippen molar-refractivity contribution in [3.8, 4) is 0 Å². The molecule has 126 valence electrons. The van der Waals surface area contributed by atoms with E-state index in [1.54, 1.807) is 0 Å². The molecule has 1 aromatic heterocycles. The summed E-state index contributed by atoms with van der Waals surface area (Å²) >= 11 is 0. The van der Waals surface area contributed by atoms with Crippen LogP contribution in [0.1, 0.15) is 79.7 Å². The molecule has 1 unspecified atom stereocenters. The third kappa shape index (κ3) is 4.39. The molecular weight excluding hydrogens is 288 g/mol. The van der Waals surface area contributed by atoms with Gasteiger partial charge in [-0.3, -0.25) is 0 Å². The van der Waals surface area contributed by atoms with Gasteiger partial charge in [0.05, 0.1) is 0 Å². The van der Waals surface area contributed by atoms with Crippen LogP contribution in [-0.2, 0) is 4.43 Å². The van der Waals surface area contributed by atoms with E-state index in [2.05, 4.69) is 58.4 Å². The van der Waals surface area contributed by atoms with E-state index in [-0.39, 0.29) is 6.10 Å². The van der Waals surface area contributed by atoms with Crippen molar-refractivity contribution >= 4 is 8.32 Å². The number of rotatable bonds is 9. The van der Waals surface area contributed by atoms with E-state index in [1.165, 1.54) is 6.42 Å². The van der Waals surface area contributed by atoms with Crippen LogP contribution in [0.25, 0.3) is 0 Å². The summed E-state index contributed by atoms with van der Waals surface area (Å²) in [6.45, 7) is 16.2. The fraction of sp³-hybridized carbons (Fsp3) is 0.778. The van der Waals surface area contributed by atoms with E-state index >= 15 is 0 Å². The Kier molecular flexibility index (Phi) is 7.70. The molecule has 0 bridgehead atoms. The molecule has 0 saturated carbocycles. The first-order valence-corrected chi connectivity index (χ1v) is 10.9. The second kappa shape index (κ2) is 8.78. The summed E-state index contributed by atoms with van der Waals surface area (Å²) in [6.07, 6.45) is 7.04. The highest BCUT2D eigenvalue weighted by Gasteiger charge is 2.47. The lowest BCUT2D eigenvalue weighted by Gasteiger charge is -2.44. The molecule has 0 saturated heterocycles. The van der Waals surface area contributed by atoms with Gasteiger partial charge in [-0.1, -0.05) is 61.3 Å². The van der Waals surface area contributed by atoms with Gasteiger partial charge < -0.3 is 4.43 Å². The molecule has 0 spiro atoms. The molecule has 1 aromatic rings. The molecule has 0 N–H and O–H groups in total. The Balaban J connectivity index is 3.13. The third-order valence-corrected chi connectivity index (χ3v) is 10.9. The van der Waals surface area contributed by atoms with Gasteiger partial charge in [-0.15, -0.1) is 0 Å². The Morgan fingerprint density at radius 2 is 1.45 bits per heavy atom. The molecule has 0 aromatic carbocycles. The second-order valence-corrected chi connectivity index (χ2v) is 12.6. The van der Waals surface area contributed by atoms with Crippen LogP contribution in [0.4, 0.5) is 0 Å². The highest BCUT2D eigenvalue weighted by atomic mass is 28.4.